The van der Waals surface area contributed by atoms with E-state index in [1.54, 1.807) is 0 Å². The van der Waals surface area contributed by atoms with Crippen molar-refractivity contribution >= 4 is 5.91 Å². The Labute approximate surface area is 178 Å². The highest BCUT2D eigenvalue weighted by molar-refractivity contribution is 5.79. The van der Waals surface area contributed by atoms with Gasteiger partial charge in [0.1, 0.15) is 0 Å². The quantitative estimate of drug-likeness (QED) is 0.832. The summed E-state index contributed by atoms with van der Waals surface area (Å²) in [6, 6.07) is 8.08. The van der Waals surface area contributed by atoms with Crippen molar-refractivity contribution in [3.8, 4) is 0 Å². The van der Waals surface area contributed by atoms with Crippen LogP contribution in [0, 0.1) is 12.8 Å². The molecule has 3 fully saturated rings. The smallest absolute Gasteiger partial charge is 0.226 e. The van der Waals surface area contributed by atoms with Gasteiger partial charge in [0.2, 0.25) is 5.91 Å². The second-order valence-corrected chi connectivity index (χ2v) is 9.52. The third kappa shape index (κ3) is 3.89. The van der Waals surface area contributed by atoms with Gasteiger partial charge in [0, 0.05) is 31.0 Å². The minimum absolute atomic E-state index is 0.0855. The number of carbonyl (C=O) groups is 1. The number of nitrogens with zero attached hydrogens (tertiary/aromatic N) is 4. The number of likely N-dealkylation sites (tertiary alicyclic amines) is 1. The maximum absolute atomic E-state index is 13.6. The number of aliphatic hydroxyl groups excluding tert-OH is 1. The zero-order valence-electron chi connectivity index (χ0n) is 17.8. The molecular formula is C24H32N4O2. The monoisotopic (exact) mass is 408 g/mol. The summed E-state index contributed by atoms with van der Waals surface area (Å²) >= 11 is 0. The summed E-state index contributed by atoms with van der Waals surface area (Å²) in [5.41, 5.74) is 3.33. The fraction of sp³-hybridized carbons (Fsp3) is 0.625. The first-order chi connectivity index (χ1) is 14.6. The van der Waals surface area contributed by atoms with E-state index < -0.39 is 6.10 Å². The van der Waals surface area contributed by atoms with E-state index in [1.165, 1.54) is 24.8 Å². The zero-order chi connectivity index (χ0) is 20.7. The van der Waals surface area contributed by atoms with E-state index in [9.17, 15) is 9.90 Å². The zero-order valence-corrected chi connectivity index (χ0v) is 17.8. The van der Waals surface area contributed by atoms with Crippen LogP contribution in [0.15, 0.2) is 30.5 Å². The van der Waals surface area contributed by atoms with E-state index >= 15 is 0 Å². The van der Waals surface area contributed by atoms with Crippen molar-refractivity contribution in [2.24, 2.45) is 5.92 Å². The first kappa shape index (κ1) is 19.7. The standard InChI is InChI=1S/C24H32N4O2/c1-16-7-9-18(10-8-16)21-13-23(29)22(28-14-20(25-26-28)17-11-12-17)15-27(21)24(30)19-5-3-2-4-6-19/h7-10,14,17,19,21-23,29H,2-6,11-13,15H2,1H3/t21-,22-,23-/m1/s1. The molecule has 3 atom stereocenters. The summed E-state index contributed by atoms with van der Waals surface area (Å²) in [6.07, 6.45) is 9.79. The molecule has 160 valence electrons. The summed E-state index contributed by atoms with van der Waals surface area (Å²) in [4.78, 5) is 15.6. The minimum Gasteiger partial charge on any atom is -0.391 e. The van der Waals surface area contributed by atoms with Crippen LogP contribution in [-0.2, 0) is 4.79 Å². The molecule has 0 spiro atoms. The van der Waals surface area contributed by atoms with Gasteiger partial charge in [-0.2, -0.15) is 0 Å². The molecule has 2 saturated carbocycles. The predicted molar refractivity (Wildman–Crippen MR) is 114 cm³/mol. The summed E-state index contributed by atoms with van der Waals surface area (Å²) in [6.45, 7) is 2.56. The van der Waals surface area contributed by atoms with Crippen LogP contribution in [0.4, 0.5) is 0 Å². The molecule has 0 unspecified atom stereocenters. The molecule has 2 aliphatic carbocycles. The second-order valence-electron chi connectivity index (χ2n) is 9.52. The van der Waals surface area contributed by atoms with Crippen LogP contribution < -0.4 is 0 Å². The summed E-state index contributed by atoms with van der Waals surface area (Å²) < 4.78 is 1.81. The Morgan fingerprint density at radius 3 is 2.50 bits per heavy atom. The van der Waals surface area contributed by atoms with Crippen molar-refractivity contribution in [2.75, 3.05) is 6.54 Å². The average molecular weight is 409 g/mol. The lowest BCUT2D eigenvalue weighted by atomic mass is 9.85. The van der Waals surface area contributed by atoms with Crippen molar-refractivity contribution in [3.05, 3.63) is 47.3 Å². The Morgan fingerprint density at radius 1 is 1.07 bits per heavy atom. The number of hydrogen-bond acceptors (Lipinski definition) is 4. The number of piperidine rings is 1. The van der Waals surface area contributed by atoms with Gasteiger partial charge in [0.15, 0.2) is 0 Å². The lowest BCUT2D eigenvalue weighted by molar-refractivity contribution is -0.144. The van der Waals surface area contributed by atoms with E-state index in [1.807, 2.05) is 15.8 Å². The van der Waals surface area contributed by atoms with Gasteiger partial charge >= 0.3 is 0 Å². The number of hydrogen-bond donors (Lipinski definition) is 1. The van der Waals surface area contributed by atoms with Crippen molar-refractivity contribution in [3.63, 3.8) is 0 Å². The molecule has 1 saturated heterocycles. The highest BCUT2D eigenvalue weighted by atomic mass is 16.3. The molecule has 2 heterocycles. The number of rotatable bonds is 4. The largest absolute Gasteiger partial charge is 0.391 e. The van der Waals surface area contributed by atoms with Crippen LogP contribution in [-0.4, -0.2) is 43.6 Å². The van der Waals surface area contributed by atoms with Crippen molar-refractivity contribution in [1.29, 1.82) is 0 Å². The van der Waals surface area contributed by atoms with E-state index in [2.05, 4.69) is 41.5 Å². The molecule has 3 aliphatic rings. The SMILES string of the molecule is Cc1ccc([C@H]2C[C@@H](O)[C@H](n3cc(C4CC4)nn3)CN2C(=O)C2CCCCC2)cc1. The van der Waals surface area contributed by atoms with Gasteiger partial charge in [0.25, 0.3) is 0 Å². The van der Waals surface area contributed by atoms with Crippen LogP contribution >= 0.6 is 0 Å². The van der Waals surface area contributed by atoms with Crippen LogP contribution in [0.1, 0.15) is 86.2 Å². The molecule has 1 aromatic carbocycles. The summed E-state index contributed by atoms with van der Waals surface area (Å²) in [7, 11) is 0. The van der Waals surface area contributed by atoms with Crippen molar-refractivity contribution in [1.82, 2.24) is 19.9 Å². The normalized spacial score (nSPS) is 27.9. The van der Waals surface area contributed by atoms with Gasteiger partial charge in [0.05, 0.1) is 23.9 Å². The molecule has 6 heteroatoms. The molecule has 30 heavy (non-hydrogen) atoms. The molecule has 0 radical (unpaired) electrons. The molecule has 1 aromatic heterocycles. The molecule has 0 bridgehead atoms. The lowest BCUT2D eigenvalue weighted by Gasteiger charge is -2.44. The second kappa shape index (κ2) is 8.14. The number of aliphatic hydroxyl groups is 1. The maximum atomic E-state index is 13.6. The van der Waals surface area contributed by atoms with Gasteiger partial charge in [-0.1, -0.05) is 54.3 Å². The fourth-order valence-corrected chi connectivity index (χ4v) is 5.17. The number of aryl methyl sites for hydroxylation is 1. The highest BCUT2D eigenvalue weighted by Crippen LogP contribution is 2.41. The Hall–Kier alpha value is -2.21. The van der Waals surface area contributed by atoms with E-state index in [0.29, 0.717) is 18.9 Å². The molecular weight excluding hydrogens is 376 g/mol. The van der Waals surface area contributed by atoms with Crippen molar-refractivity contribution < 1.29 is 9.90 Å². The van der Waals surface area contributed by atoms with Gasteiger partial charge in [-0.15, -0.1) is 5.10 Å². The van der Waals surface area contributed by atoms with E-state index in [0.717, 1.165) is 36.9 Å². The molecule has 6 nitrogen and oxygen atoms in total. The summed E-state index contributed by atoms with van der Waals surface area (Å²) in [5, 5.41) is 19.7. The maximum Gasteiger partial charge on any atom is 0.226 e. The first-order valence-corrected chi connectivity index (χ1v) is 11.6. The summed E-state index contributed by atoms with van der Waals surface area (Å²) in [5.74, 6) is 0.889. The van der Waals surface area contributed by atoms with Gasteiger partial charge < -0.3 is 10.0 Å². The van der Waals surface area contributed by atoms with Gasteiger partial charge in [-0.25, -0.2) is 4.68 Å². The fourth-order valence-electron chi connectivity index (χ4n) is 5.17. The molecule has 1 aliphatic heterocycles. The van der Waals surface area contributed by atoms with Gasteiger partial charge in [-0.05, 0) is 38.2 Å². The molecule has 2 aromatic rings. The van der Waals surface area contributed by atoms with Crippen molar-refractivity contribution in [2.45, 2.75) is 82.4 Å². The highest BCUT2D eigenvalue weighted by Gasteiger charge is 2.41. The number of carbonyl (C=O) groups excluding carboxylic acids is 1. The molecule has 1 amide bonds. The minimum atomic E-state index is -0.555. The van der Waals surface area contributed by atoms with Crippen LogP contribution in [0.2, 0.25) is 0 Å². The van der Waals surface area contributed by atoms with E-state index in [4.69, 9.17) is 0 Å². The Morgan fingerprint density at radius 2 is 1.80 bits per heavy atom. The third-order valence-corrected chi connectivity index (χ3v) is 7.23. The Balaban J connectivity index is 1.43. The topological polar surface area (TPSA) is 71.2 Å². The van der Waals surface area contributed by atoms with Crippen LogP contribution in [0.3, 0.4) is 0 Å². The van der Waals surface area contributed by atoms with Gasteiger partial charge in [-0.3, -0.25) is 4.79 Å². The predicted octanol–water partition coefficient (Wildman–Crippen LogP) is 3.92. The molecule has 1 N–H and O–H groups in total. The molecule has 5 rings (SSSR count). The van der Waals surface area contributed by atoms with E-state index in [-0.39, 0.29) is 23.9 Å². The third-order valence-electron chi connectivity index (χ3n) is 7.23. The lowest BCUT2D eigenvalue weighted by Crippen LogP contribution is -2.50. The Bertz CT molecular complexity index is 883. The average Bonchev–Trinajstić information content (AvgIpc) is 3.51. The number of aromatic nitrogens is 3. The first-order valence-electron chi connectivity index (χ1n) is 11.6. The van der Waals surface area contributed by atoms with Crippen LogP contribution in [0.25, 0.3) is 0 Å². The number of benzene rings is 1. The Kier molecular flexibility index (Phi) is 5.35. The van der Waals surface area contributed by atoms with Crippen LogP contribution in [0.5, 0.6) is 0 Å². The number of amides is 1.